The Bertz CT molecular complexity index is 787. The van der Waals surface area contributed by atoms with Crippen molar-refractivity contribution in [1.82, 2.24) is 10.5 Å². The van der Waals surface area contributed by atoms with Gasteiger partial charge in [0.2, 0.25) is 5.91 Å². The number of rotatable bonds is 6. The lowest BCUT2D eigenvalue weighted by Crippen LogP contribution is -2.15. The largest absolute Gasteiger partial charge is 0.324 e. The Labute approximate surface area is 157 Å². The van der Waals surface area contributed by atoms with Gasteiger partial charge >= 0.3 is 0 Å². The van der Waals surface area contributed by atoms with E-state index in [9.17, 15) is 4.79 Å². The van der Waals surface area contributed by atoms with Gasteiger partial charge in [-0.2, -0.15) is 0 Å². The molecule has 5 nitrogen and oxygen atoms in total. The van der Waals surface area contributed by atoms with Gasteiger partial charge in [0, 0.05) is 18.2 Å². The van der Waals surface area contributed by atoms with E-state index in [2.05, 4.69) is 15.8 Å². The van der Waals surface area contributed by atoms with Crippen LogP contribution < -0.4 is 10.8 Å². The molecule has 0 fully saturated rings. The summed E-state index contributed by atoms with van der Waals surface area (Å²) in [7, 11) is 1.49. The van der Waals surface area contributed by atoms with E-state index in [0.29, 0.717) is 15.7 Å². The van der Waals surface area contributed by atoms with Crippen LogP contribution in [0.25, 0.3) is 5.70 Å². The molecule has 2 rings (SSSR count). The van der Waals surface area contributed by atoms with Gasteiger partial charge < -0.3 is 5.32 Å². The molecule has 1 aromatic heterocycles. The summed E-state index contributed by atoms with van der Waals surface area (Å²) in [6.45, 7) is 3.78. The van der Waals surface area contributed by atoms with Crippen LogP contribution in [-0.2, 0) is 9.63 Å². The van der Waals surface area contributed by atoms with E-state index in [4.69, 9.17) is 28.0 Å². The molecule has 0 spiro atoms. The molecule has 0 aliphatic heterocycles. The highest BCUT2D eigenvalue weighted by atomic mass is 35.5. The minimum atomic E-state index is -0.158. The molecule has 2 aromatic rings. The van der Waals surface area contributed by atoms with E-state index >= 15 is 0 Å². The van der Waals surface area contributed by atoms with Crippen molar-refractivity contribution in [2.24, 2.45) is 0 Å². The lowest BCUT2D eigenvalue weighted by atomic mass is 10.1. The maximum atomic E-state index is 12.3. The molecule has 1 amide bonds. The van der Waals surface area contributed by atoms with Gasteiger partial charge in [0.15, 0.2) is 0 Å². The molecule has 0 aliphatic rings. The lowest BCUT2D eigenvalue weighted by Gasteiger charge is -2.12. The van der Waals surface area contributed by atoms with E-state index in [1.807, 2.05) is 19.9 Å². The number of hydrogen-bond donors (Lipinski definition) is 2. The number of pyridine rings is 1. The first-order chi connectivity index (χ1) is 11.9. The quantitative estimate of drug-likeness (QED) is 0.723. The molecule has 0 atom stereocenters. The van der Waals surface area contributed by atoms with Crippen LogP contribution in [0.15, 0.2) is 36.5 Å². The molecule has 2 N–H and O–H groups in total. The third-order valence-corrected chi connectivity index (χ3v) is 4.29. The average molecular weight is 380 g/mol. The summed E-state index contributed by atoms with van der Waals surface area (Å²) in [5.41, 5.74) is 6.61. The van der Waals surface area contributed by atoms with Crippen LogP contribution in [0.1, 0.15) is 23.2 Å². The maximum absolute atomic E-state index is 12.3. The molecule has 132 valence electrons. The Morgan fingerprint density at radius 3 is 2.64 bits per heavy atom. The predicted octanol–water partition coefficient (Wildman–Crippen LogP) is 4.53. The number of carbonyl (C=O) groups is 1. The fourth-order valence-electron chi connectivity index (χ4n) is 2.26. The maximum Gasteiger partial charge on any atom is 0.228 e. The number of benzene rings is 1. The zero-order chi connectivity index (χ0) is 18.4. The first kappa shape index (κ1) is 19.2. The molecule has 0 radical (unpaired) electrons. The van der Waals surface area contributed by atoms with Crippen LogP contribution >= 0.6 is 23.2 Å². The van der Waals surface area contributed by atoms with E-state index in [-0.39, 0.29) is 12.3 Å². The molecular weight excluding hydrogens is 361 g/mol. The number of hydroxylamine groups is 1. The molecular formula is C18H19Cl2N3O2. The molecule has 25 heavy (non-hydrogen) atoms. The second kappa shape index (κ2) is 8.85. The highest BCUT2D eigenvalue weighted by molar-refractivity contribution is 6.42. The van der Waals surface area contributed by atoms with Crippen LogP contribution in [0.2, 0.25) is 10.0 Å². The van der Waals surface area contributed by atoms with Crippen LogP contribution in [0.5, 0.6) is 0 Å². The summed E-state index contributed by atoms with van der Waals surface area (Å²) >= 11 is 12.0. The Morgan fingerprint density at radius 2 is 2.00 bits per heavy atom. The number of carbonyl (C=O) groups excluding carboxylic acids is 1. The van der Waals surface area contributed by atoms with E-state index in [0.717, 1.165) is 22.5 Å². The topological polar surface area (TPSA) is 63.2 Å². The molecule has 0 bridgehead atoms. The number of anilines is 1. The van der Waals surface area contributed by atoms with Crippen molar-refractivity contribution in [3.05, 3.63) is 63.4 Å². The third-order valence-electron chi connectivity index (χ3n) is 3.55. The van der Waals surface area contributed by atoms with Gasteiger partial charge in [-0.15, -0.1) is 0 Å². The molecule has 0 saturated heterocycles. The minimum absolute atomic E-state index is 0.152. The SMILES string of the molecule is CONC(=CCC(=O)Nc1c(C)ccnc1C)c1ccc(Cl)c(Cl)c1. The fraction of sp³-hybridized carbons (Fsp3) is 0.222. The normalized spacial score (nSPS) is 11.3. The average Bonchev–Trinajstić information content (AvgIpc) is 2.57. The van der Waals surface area contributed by atoms with Gasteiger partial charge in [0.1, 0.15) is 0 Å². The smallest absolute Gasteiger partial charge is 0.228 e. The molecule has 1 heterocycles. The van der Waals surface area contributed by atoms with E-state index in [1.165, 1.54) is 7.11 Å². The zero-order valence-electron chi connectivity index (χ0n) is 14.2. The summed E-state index contributed by atoms with van der Waals surface area (Å²) in [5.74, 6) is -0.158. The van der Waals surface area contributed by atoms with Gasteiger partial charge in [0.05, 0.1) is 34.2 Å². The molecule has 0 saturated carbocycles. The van der Waals surface area contributed by atoms with Gasteiger partial charge in [-0.3, -0.25) is 20.1 Å². The molecule has 0 aliphatic carbocycles. The van der Waals surface area contributed by atoms with E-state index < -0.39 is 0 Å². The Kier molecular flexibility index (Phi) is 6.82. The summed E-state index contributed by atoms with van der Waals surface area (Å²) in [5, 5.41) is 3.77. The van der Waals surface area contributed by atoms with Crippen molar-refractivity contribution in [3.63, 3.8) is 0 Å². The number of aromatic nitrogens is 1. The van der Waals surface area contributed by atoms with Crippen molar-refractivity contribution >= 4 is 40.5 Å². The Hall–Kier alpha value is -2.08. The van der Waals surface area contributed by atoms with Crippen molar-refractivity contribution in [2.45, 2.75) is 20.3 Å². The Morgan fingerprint density at radius 1 is 1.24 bits per heavy atom. The van der Waals surface area contributed by atoms with Gasteiger partial charge in [0.25, 0.3) is 0 Å². The second-order valence-electron chi connectivity index (χ2n) is 5.39. The lowest BCUT2D eigenvalue weighted by molar-refractivity contribution is -0.115. The number of amides is 1. The summed E-state index contributed by atoms with van der Waals surface area (Å²) in [6, 6.07) is 7.04. The number of aryl methyl sites for hydroxylation is 2. The first-order valence-corrected chi connectivity index (χ1v) is 8.34. The summed E-state index contributed by atoms with van der Waals surface area (Å²) in [4.78, 5) is 21.5. The van der Waals surface area contributed by atoms with Crippen molar-refractivity contribution in [2.75, 3.05) is 12.4 Å². The van der Waals surface area contributed by atoms with Crippen LogP contribution in [0.4, 0.5) is 5.69 Å². The van der Waals surface area contributed by atoms with Crippen molar-refractivity contribution in [1.29, 1.82) is 0 Å². The highest BCUT2D eigenvalue weighted by Crippen LogP contribution is 2.25. The zero-order valence-corrected chi connectivity index (χ0v) is 15.7. The highest BCUT2D eigenvalue weighted by Gasteiger charge is 2.09. The summed E-state index contributed by atoms with van der Waals surface area (Å²) < 4.78 is 0. The minimum Gasteiger partial charge on any atom is -0.324 e. The second-order valence-corrected chi connectivity index (χ2v) is 6.21. The number of nitrogens with zero attached hydrogens (tertiary/aromatic N) is 1. The molecule has 0 unspecified atom stereocenters. The van der Waals surface area contributed by atoms with Crippen LogP contribution in [0.3, 0.4) is 0 Å². The number of hydrogen-bond acceptors (Lipinski definition) is 4. The third kappa shape index (κ3) is 5.19. The van der Waals surface area contributed by atoms with Crippen LogP contribution in [-0.4, -0.2) is 18.0 Å². The standard InChI is InChI=1S/C18H19Cl2N3O2/c1-11-8-9-21-12(2)18(11)22-17(24)7-6-16(23-25-3)13-4-5-14(19)15(20)10-13/h4-6,8-10,23H,7H2,1-3H3,(H,22,24). The van der Waals surface area contributed by atoms with E-state index in [1.54, 1.807) is 30.5 Å². The van der Waals surface area contributed by atoms with Crippen molar-refractivity contribution in [3.8, 4) is 0 Å². The predicted molar refractivity (Wildman–Crippen MR) is 102 cm³/mol. The molecule has 7 heteroatoms. The first-order valence-electron chi connectivity index (χ1n) is 7.59. The monoisotopic (exact) mass is 379 g/mol. The van der Waals surface area contributed by atoms with Gasteiger partial charge in [-0.1, -0.05) is 29.3 Å². The number of halogens is 2. The molecule has 1 aromatic carbocycles. The Balaban J connectivity index is 2.15. The van der Waals surface area contributed by atoms with Gasteiger partial charge in [-0.05, 0) is 43.7 Å². The van der Waals surface area contributed by atoms with Crippen molar-refractivity contribution < 1.29 is 9.63 Å². The van der Waals surface area contributed by atoms with Crippen LogP contribution in [0, 0.1) is 13.8 Å². The fourth-order valence-corrected chi connectivity index (χ4v) is 2.56. The van der Waals surface area contributed by atoms with Gasteiger partial charge in [-0.25, -0.2) is 0 Å². The number of nitrogens with one attached hydrogen (secondary N) is 2. The summed E-state index contributed by atoms with van der Waals surface area (Å²) in [6.07, 6.45) is 3.59.